The zero-order valence-electron chi connectivity index (χ0n) is 14.7. The molecule has 4 rings (SSSR count). The third kappa shape index (κ3) is 3.75. The molecule has 1 amide bonds. The number of nitrogens with zero attached hydrogens (tertiary/aromatic N) is 2. The molecule has 28 heavy (non-hydrogen) atoms. The fraction of sp³-hybridized carbons (Fsp3) is 0.250. The Morgan fingerprint density at radius 3 is 2.21 bits per heavy atom. The van der Waals surface area contributed by atoms with Crippen molar-refractivity contribution in [3.05, 3.63) is 63.1 Å². The van der Waals surface area contributed by atoms with Gasteiger partial charge in [-0.3, -0.25) is 10.1 Å². The second kappa shape index (κ2) is 7.74. The van der Waals surface area contributed by atoms with Crippen LogP contribution in [0.2, 0.25) is 15.1 Å². The van der Waals surface area contributed by atoms with E-state index in [4.69, 9.17) is 39.2 Å². The normalized spacial score (nSPS) is 15.5. The van der Waals surface area contributed by atoms with E-state index in [0.717, 1.165) is 31.2 Å². The molecule has 1 saturated carbocycles. The van der Waals surface area contributed by atoms with Gasteiger partial charge in [0, 0.05) is 20.6 Å². The molecule has 8 heteroatoms. The molecule has 0 atom stereocenters. The maximum Gasteiger partial charge on any atom is 0.322 e. The lowest BCUT2D eigenvalue weighted by Gasteiger charge is -2.27. The highest BCUT2D eigenvalue weighted by Crippen LogP contribution is 2.42. The third-order valence-electron chi connectivity index (χ3n) is 5.04. The second-order valence-corrected chi connectivity index (χ2v) is 8.13. The van der Waals surface area contributed by atoms with Crippen molar-refractivity contribution in [3.63, 3.8) is 0 Å². The number of hydrogen-bond donors (Lipinski definition) is 1. The fourth-order valence-corrected chi connectivity index (χ4v) is 4.33. The molecule has 1 heterocycles. The van der Waals surface area contributed by atoms with Crippen LogP contribution in [0.5, 0.6) is 0 Å². The predicted octanol–water partition coefficient (Wildman–Crippen LogP) is 6.15. The van der Waals surface area contributed by atoms with Crippen LogP contribution >= 0.6 is 34.8 Å². The first-order valence-corrected chi connectivity index (χ1v) is 9.97. The van der Waals surface area contributed by atoms with Crippen LogP contribution in [0, 0.1) is 0 Å². The molecule has 3 aromatic rings. The fourth-order valence-electron chi connectivity index (χ4n) is 3.68. The first kappa shape index (κ1) is 19.2. The molecule has 1 aliphatic carbocycles. The number of carbonyl (C=O) groups excluding carboxylic acids is 1. The smallest absolute Gasteiger partial charge is 0.322 e. The molecular formula is C20H16Cl3N3O2. The number of rotatable bonds is 4. The minimum absolute atomic E-state index is 0.0383. The summed E-state index contributed by atoms with van der Waals surface area (Å²) in [4.78, 5) is 13.2. The zero-order chi connectivity index (χ0) is 19.7. The molecule has 1 N–H and O–H groups in total. The summed E-state index contributed by atoms with van der Waals surface area (Å²) >= 11 is 18.0. The molecule has 5 nitrogen and oxygen atoms in total. The number of carbonyl (C=O) groups is 1. The Hall–Kier alpha value is -2.08. The van der Waals surface area contributed by atoms with Gasteiger partial charge in [0.1, 0.15) is 0 Å². The molecule has 144 valence electrons. The Labute approximate surface area is 177 Å². The number of anilines is 1. The lowest BCUT2D eigenvalue weighted by atomic mass is 9.78. The van der Waals surface area contributed by atoms with Gasteiger partial charge in [-0.1, -0.05) is 64.9 Å². The van der Waals surface area contributed by atoms with Crippen LogP contribution in [0.1, 0.15) is 31.2 Å². The van der Waals surface area contributed by atoms with E-state index in [1.54, 1.807) is 30.3 Å². The quantitative estimate of drug-likeness (QED) is 0.533. The summed E-state index contributed by atoms with van der Waals surface area (Å²) in [5, 5.41) is 12.3. The zero-order valence-corrected chi connectivity index (χ0v) is 17.0. The second-order valence-electron chi connectivity index (χ2n) is 6.82. The maximum absolute atomic E-state index is 13.2. The number of hydrogen-bond acceptors (Lipinski definition) is 4. The number of benzene rings is 2. The van der Waals surface area contributed by atoms with Gasteiger partial charge in [0.05, 0.1) is 5.41 Å². The van der Waals surface area contributed by atoms with Gasteiger partial charge < -0.3 is 4.42 Å². The predicted molar refractivity (Wildman–Crippen MR) is 110 cm³/mol. The summed E-state index contributed by atoms with van der Waals surface area (Å²) in [5.74, 6) is 0.0679. The number of halogens is 3. The van der Waals surface area contributed by atoms with Crippen LogP contribution in [0.4, 0.5) is 6.01 Å². The largest absolute Gasteiger partial charge is 0.403 e. The van der Waals surface area contributed by atoms with Crippen molar-refractivity contribution in [2.24, 2.45) is 0 Å². The third-order valence-corrected chi connectivity index (χ3v) is 5.73. The minimum atomic E-state index is -0.626. The van der Waals surface area contributed by atoms with E-state index in [1.807, 2.05) is 12.1 Å². The van der Waals surface area contributed by atoms with E-state index in [9.17, 15) is 4.79 Å². The summed E-state index contributed by atoms with van der Waals surface area (Å²) in [7, 11) is 0. The molecule has 1 aliphatic rings. The van der Waals surface area contributed by atoms with Gasteiger partial charge in [-0.25, -0.2) is 0 Å². The van der Waals surface area contributed by atoms with Crippen molar-refractivity contribution in [1.29, 1.82) is 0 Å². The number of amides is 1. The van der Waals surface area contributed by atoms with Gasteiger partial charge in [-0.15, -0.1) is 5.10 Å². The monoisotopic (exact) mass is 435 g/mol. The van der Waals surface area contributed by atoms with E-state index >= 15 is 0 Å². The topological polar surface area (TPSA) is 68.0 Å². The van der Waals surface area contributed by atoms with Gasteiger partial charge in [-0.2, -0.15) is 0 Å². The average molecular weight is 437 g/mol. The van der Waals surface area contributed by atoms with Crippen LogP contribution < -0.4 is 5.32 Å². The average Bonchev–Trinajstić information content (AvgIpc) is 3.32. The van der Waals surface area contributed by atoms with E-state index in [1.165, 1.54) is 0 Å². The standard InChI is InChI=1S/C20H16Cl3N3O2/c21-14-5-3-13(4-6-14)20(7-1-2-8-20)18(27)24-19-26-25-17(28-19)12-9-15(22)11-16(23)10-12/h3-6,9-11H,1-2,7-8H2,(H,24,26,27). The van der Waals surface area contributed by atoms with E-state index < -0.39 is 5.41 Å². The molecule has 0 spiro atoms. The van der Waals surface area contributed by atoms with Crippen molar-refractivity contribution in [3.8, 4) is 11.5 Å². The van der Waals surface area contributed by atoms with Crippen molar-refractivity contribution >= 4 is 46.7 Å². The summed E-state index contributed by atoms with van der Waals surface area (Å²) in [6.07, 6.45) is 3.47. The van der Waals surface area contributed by atoms with Crippen molar-refractivity contribution < 1.29 is 9.21 Å². The van der Waals surface area contributed by atoms with E-state index in [-0.39, 0.29) is 17.8 Å². The number of aromatic nitrogens is 2. The minimum Gasteiger partial charge on any atom is -0.403 e. The van der Waals surface area contributed by atoms with Crippen LogP contribution in [0.3, 0.4) is 0 Å². The van der Waals surface area contributed by atoms with E-state index in [0.29, 0.717) is 20.6 Å². The lowest BCUT2D eigenvalue weighted by molar-refractivity contribution is -0.121. The highest BCUT2D eigenvalue weighted by atomic mass is 35.5. The van der Waals surface area contributed by atoms with Crippen LogP contribution in [-0.4, -0.2) is 16.1 Å². The Morgan fingerprint density at radius 1 is 0.929 bits per heavy atom. The number of nitrogens with one attached hydrogen (secondary N) is 1. The maximum atomic E-state index is 13.2. The van der Waals surface area contributed by atoms with Crippen LogP contribution in [0.25, 0.3) is 11.5 Å². The Kier molecular flexibility index (Phi) is 5.32. The highest BCUT2D eigenvalue weighted by Gasteiger charge is 2.43. The van der Waals surface area contributed by atoms with E-state index in [2.05, 4.69) is 15.5 Å². The molecule has 0 aliphatic heterocycles. The van der Waals surface area contributed by atoms with Gasteiger partial charge >= 0.3 is 6.01 Å². The summed E-state index contributed by atoms with van der Waals surface area (Å²) in [6.45, 7) is 0. The molecule has 0 radical (unpaired) electrons. The van der Waals surface area contributed by atoms with Gasteiger partial charge in [0.25, 0.3) is 0 Å². The Bertz CT molecular complexity index is 992. The molecule has 1 fully saturated rings. The molecule has 2 aromatic carbocycles. The first-order chi connectivity index (χ1) is 13.5. The van der Waals surface area contributed by atoms with Crippen LogP contribution in [-0.2, 0) is 10.2 Å². The van der Waals surface area contributed by atoms with Crippen molar-refractivity contribution in [2.45, 2.75) is 31.1 Å². The molecule has 0 saturated heterocycles. The highest BCUT2D eigenvalue weighted by molar-refractivity contribution is 6.35. The van der Waals surface area contributed by atoms with Crippen LogP contribution in [0.15, 0.2) is 46.9 Å². The SMILES string of the molecule is O=C(Nc1nnc(-c2cc(Cl)cc(Cl)c2)o1)C1(c2ccc(Cl)cc2)CCCC1. The van der Waals surface area contributed by atoms with Crippen molar-refractivity contribution in [2.75, 3.05) is 5.32 Å². The summed E-state index contributed by atoms with van der Waals surface area (Å²) in [6, 6.07) is 12.4. The molecule has 0 bridgehead atoms. The van der Waals surface area contributed by atoms with Crippen molar-refractivity contribution in [1.82, 2.24) is 10.2 Å². The Balaban J connectivity index is 1.59. The summed E-state index contributed by atoms with van der Waals surface area (Å²) < 4.78 is 5.62. The van der Waals surface area contributed by atoms with Gasteiger partial charge in [0.2, 0.25) is 11.8 Å². The Morgan fingerprint density at radius 2 is 1.57 bits per heavy atom. The molecular weight excluding hydrogens is 421 g/mol. The summed E-state index contributed by atoms with van der Waals surface area (Å²) in [5.41, 5.74) is 0.894. The molecule has 1 aromatic heterocycles. The van der Waals surface area contributed by atoms with Gasteiger partial charge in [0.15, 0.2) is 0 Å². The first-order valence-electron chi connectivity index (χ1n) is 8.84. The van der Waals surface area contributed by atoms with Gasteiger partial charge in [-0.05, 0) is 48.7 Å². The molecule has 0 unspecified atom stereocenters. The lowest BCUT2D eigenvalue weighted by Crippen LogP contribution is -2.38.